The monoisotopic (exact) mass is 292 g/mol. The van der Waals surface area contributed by atoms with Crippen LogP contribution in [0.5, 0.6) is 0 Å². The molecule has 0 radical (unpaired) electrons. The van der Waals surface area contributed by atoms with Gasteiger partial charge in [-0.25, -0.2) is 0 Å². The van der Waals surface area contributed by atoms with Gasteiger partial charge in [0.15, 0.2) is 0 Å². The average molecular weight is 292 g/mol. The van der Waals surface area contributed by atoms with Gasteiger partial charge in [-0.2, -0.15) is 0 Å². The fourth-order valence-electron chi connectivity index (χ4n) is 2.37. The lowest BCUT2D eigenvalue weighted by atomic mass is 9.81. The van der Waals surface area contributed by atoms with Crippen LogP contribution in [0.4, 0.5) is 0 Å². The third-order valence-corrected chi connectivity index (χ3v) is 6.58. The lowest BCUT2D eigenvalue weighted by molar-refractivity contribution is -0.178. The molecule has 114 valence electrons. The second-order valence-corrected chi connectivity index (χ2v) is 8.43. The van der Waals surface area contributed by atoms with Crippen molar-refractivity contribution in [3.05, 3.63) is 0 Å². The van der Waals surface area contributed by atoms with Gasteiger partial charge in [0.05, 0.1) is 19.3 Å². The highest BCUT2D eigenvalue weighted by Gasteiger charge is 2.45. The van der Waals surface area contributed by atoms with Crippen molar-refractivity contribution in [2.45, 2.75) is 38.8 Å². The highest BCUT2D eigenvalue weighted by atomic mass is 28.4. The Hall–Kier alpha value is 0.0169. The summed E-state index contributed by atoms with van der Waals surface area (Å²) in [7, 11) is 2.44. The van der Waals surface area contributed by atoms with Crippen molar-refractivity contribution in [2.24, 2.45) is 5.41 Å². The Labute approximate surface area is 117 Å². The Morgan fingerprint density at radius 1 is 1.16 bits per heavy atom. The second kappa shape index (κ2) is 7.71. The van der Waals surface area contributed by atoms with Crippen LogP contribution < -0.4 is 0 Å². The Balaban J connectivity index is 2.56. The van der Waals surface area contributed by atoms with Crippen molar-refractivity contribution in [3.8, 4) is 0 Å². The van der Waals surface area contributed by atoms with E-state index in [-0.39, 0.29) is 11.5 Å². The first-order chi connectivity index (χ1) is 9.05. The first-order valence-corrected chi connectivity index (χ1v) is 8.84. The highest BCUT2D eigenvalue weighted by molar-refractivity contribution is 6.60. The standard InChI is InChI=1S/C13H28O5Si/c1-6-8-18-12(13(2)10-17-11-13)7-9-19(14-3,15-4)16-5/h12H,6-11H2,1-5H3. The average Bonchev–Trinajstić information content (AvgIpc) is 2.41. The van der Waals surface area contributed by atoms with Crippen LogP contribution in [-0.2, 0) is 22.8 Å². The predicted octanol–water partition coefficient (Wildman–Crippen LogP) is 2.09. The van der Waals surface area contributed by atoms with Gasteiger partial charge in [0.2, 0.25) is 0 Å². The molecule has 1 aliphatic rings. The molecular formula is C13H28O5Si. The minimum atomic E-state index is -2.51. The summed E-state index contributed by atoms with van der Waals surface area (Å²) in [6.45, 7) is 6.65. The van der Waals surface area contributed by atoms with E-state index in [9.17, 15) is 0 Å². The van der Waals surface area contributed by atoms with Gasteiger partial charge in [-0.05, 0) is 12.8 Å². The highest BCUT2D eigenvalue weighted by Crippen LogP contribution is 2.36. The van der Waals surface area contributed by atoms with E-state index in [4.69, 9.17) is 22.8 Å². The molecule has 1 rings (SSSR count). The second-order valence-electron chi connectivity index (χ2n) is 5.34. The topological polar surface area (TPSA) is 46.2 Å². The van der Waals surface area contributed by atoms with Gasteiger partial charge >= 0.3 is 8.80 Å². The number of rotatable bonds is 10. The van der Waals surface area contributed by atoms with E-state index in [1.165, 1.54) is 0 Å². The van der Waals surface area contributed by atoms with Crippen LogP contribution in [0.3, 0.4) is 0 Å². The maximum absolute atomic E-state index is 6.00. The molecule has 1 heterocycles. The zero-order valence-electron chi connectivity index (χ0n) is 12.9. The van der Waals surface area contributed by atoms with Gasteiger partial charge in [-0.1, -0.05) is 13.8 Å². The summed E-state index contributed by atoms with van der Waals surface area (Å²) >= 11 is 0. The summed E-state index contributed by atoms with van der Waals surface area (Å²) in [6.07, 6.45) is 2.07. The van der Waals surface area contributed by atoms with Crippen LogP contribution in [0.1, 0.15) is 26.7 Å². The minimum Gasteiger partial charge on any atom is -0.380 e. The van der Waals surface area contributed by atoms with Gasteiger partial charge in [0.1, 0.15) is 0 Å². The van der Waals surface area contributed by atoms with Crippen molar-refractivity contribution in [3.63, 3.8) is 0 Å². The Bertz CT molecular complexity index is 245. The number of hydrogen-bond acceptors (Lipinski definition) is 5. The summed E-state index contributed by atoms with van der Waals surface area (Å²) in [4.78, 5) is 0. The third-order valence-electron chi connectivity index (χ3n) is 3.81. The van der Waals surface area contributed by atoms with Crippen LogP contribution in [0.2, 0.25) is 6.04 Å². The van der Waals surface area contributed by atoms with Crippen LogP contribution >= 0.6 is 0 Å². The molecule has 1 fully saturated rings. The van der Waals surface area contributed by atoms with Crippen LogP contribution in [0.25, 0.3) is 0 Å². The van der Waals surface area contributed by atoms with Crippen LogP contribution in [0.15, 0.2) is 0 Å². The van der Waals surface area contributed by atoms with Crippen molar-refractivity contribution >= 4 is 8.80 Å². The smallest absolute Gasteiger partial charge is 0.380 e. The molecule has 19 heavy (non-hydrogen) atoms. The van der Waals surface area contributed by atoms with Crippen molar-refractivity contribution in [1.29, 1.82) is 0 Å². The SMILES string of the molecule is CCCOC(CC[Si](OC)(OC)OC)C1(C)COC1. The maximum atomic E-state index is 6.00. The van der Waals surface area contributed by atoms with Crippen molar-refractivity contribution < 1.29 is 22.8 Å². The van der Waals surface area contributed by atoms with E-state index < -0.39 is 8.80 Å². The molecule has 1 atom stereocenters. The van der Waals surface area contributed by atoms with Gasteiger partial charge in [-0.15, -0.1) is 0 Å². The van der Waals surface area contributed by atoms with Crippen molar-refractivity contribution in [2.75, 3.05) is 41.2 Å². The molecule has 1 unspecified atom stereocenters. The molecule has 0 aromatic carbocycles. The molecule has 0 amide bonds. The zero-order chi connectivity index (χ0) is 14.4. The summed E-state index contributed by atoms with van der Waals surface area (Å²) in [5, 5.41) is 0. The van der Waals surface area contributed by atoms with E-state index in [0.717, 1.165) is 38.7 Å². The molecule has 1 aliphatic heterocycles. The summed E-state index contributed by atoms with van der Waals surface area (Å²) in [5.41, 5.74) is 0.116. The Morgan fingerprint density at radius 3 is 2.11 bits per heavy atom. The Morgan fingerprint density at radius 2 is 1.74 bits per heavy atom. The molecule has 1 saturated heterocycles. The molecule has 6 heteroatoms. The van der Waals surface area contributed by atoms with Gasteiger partial charge in [0, 0.05) is 39.4 Å². The molecular weight excluding hydrogens is 264 g/mol. The molecule has 0 spiro atoms. The van der Waals surface area contributed by atoms with Gasteiger partial charge in [-0.3, -0.25) is 0 Å². The van der Waals surface area contributed by atoms with E-state index in [0.29, 0.717) is 0 Å². The molecule has 0 saturated carbocycles. The maximum Gasteiger partial charge on any atom is 0.500 e. The molecule has 0 N–H and O–H groups in total. The Kier molecular flexibility index (Phi) is 6.92. The van der Waals surface area contributed by atoms with E-state index in [1.54, 1.807) is 21.3 Å². The molecule has 5 nitrogen and oxygen atoms in total. The normalized spacial score (nSPS) is 20.1. The molecule has 0 bridgehead atoms. The van der Waals surface area contributed by atoms with Gasteiger partial charge in [0.25, 0.3) is 0 Å². The molecule has 0 aliphatic carbocycles. The summed E-state index contributed by atoms with van der Waals surface area (Å²) in [5.74, 6) is 0. The summed E-state index contributed by atoms with van der Waals surface area (Å²) in [6, 6.07) is 0.764. The quantitative estimate of drug-likeness (QED) is 0.577. The first-order valence-electron chi connectivity index (χ1n) is 6.90. The number of hydrogen-bond donors (Lipinski definition) is 0. The van der Waals surface area contributed by atoms with E-state index in [2.05, 4.69) is 13.8 Å². The lowest BCUT2D eigenvalue weighted by Crippen LogP contribution is -2.52. The summed E-state index contributed by atoms with van der Waals surface area (Å²) < 4.78 is 27.7. The van der Waals surface area contributed by atoms with Crippen molar-refractivity contribution in [1.82, 2.24) is 0 Å². The minimum absolute atomic E-state index is 0.116. The lowest BCUT2D eigenvalue weighted by Gasteiger charge is -2.44. The molecule has 0 aromatic heterocycles. The number of ether oxygens (including phenoxy) is 2. The van der Waals surface area contributed by atoms with Crippen LogP contribution in [0, 0.1) is 5.41 Å². The van der Waals surface area contributed by atoms with E-state index in [1.807, 2.05) is 0 Å². The van der Waals surface area contributed by atoms with Gasteiger partial charge < -0.3 is 22.8 Å². The largest absolute Gasteiger partial charge is 0.500 e. The fourth-order valence-corrected chi connectivity index (χ4v) is 4.10. The predicted molar refractivity (Wildman–Crippen MR) is 75.2 cm³/mol. The van der Waals surface area contributed by atoms with E-state index >= 15 is 0 Å². The zero-order valence-corrected chi connectivity index (χ0v) is 13.9. The molecule has 0 aromatic rings. The third kappa shape index (κ3) is 4.24. The fraction of sp³-hybridized carbons (Fsp3) is 1.00. The van der Waals surface area contributed by atoms with Crippen LogP contribution in [-0.4, -0.2) is 56.1 Å². The first kappa shape index (κ1) is 17.1.